The fraction of sp³-hybridized carbons (Fsp3) is 0. The number of hydrogen-bond acceptors (Lipinski definition) is 3. The molecule has 0 saturated heterocycles. The third-order valence-electron chi connectivity index (χ3n) is 0.959. The number of aromatic nitrogens is 2. The van der Waals surface area contributed by atoms with Crippen molar-refractivity contribution in [1.29, 1.82) is 5.41 Å². The third kappa shape index (κ3) is 2.59. The van der Waals surface area contributed by atoms with Crippen LogP contribution in [0.15, 0.2) is 18.5 Å². The SMILES string of the molecule is Cl.N=C(NC(=O)O)n1cccn1. The van der Waals surface area contributed by atoms with Crippen LogP contribution in [0.1, 0.15) is 0 Å². The van der Waals surface area contributed by atoms with Gasteiger partial charge in [0.1, 0.15) is 0 Å². The van der Waals surface area contributed by atoms with Crippen molar-refractivity contribution < 1.29 is 9.90 Å². The van der Waals surface area contributed by atoms with Crippen molar-refractivity contribution in [2.24, 2.45) is 0 Å². The van der Waals surface area contributed by atoms with Gasteiger partial charge in [-0.3, -0.25) is 10.7 Å². The van der Waals surface area contributed by atoms with E-state index in [2.05, 4.69) is 5.10 Å². The smallest absolute Gasteiger partial charge is 0.411 e. The fourth-order valence-corrected chi connectivity index (χ4v) is 0.560. The van der Waals surface area contributed by atoms with Crippen molar-refractivity contribution in [3.8, 4) is 0 Å². The van der Waals surface area contributed by atoms with Crippen molar-refractivity contribution in [2.45, 2.75) is 0 Å². The highest BCUT2D eigenvalue weighted by Gasteiger charge is 2.01. The van der Waals surface area contributed by atoms with Gasteiger partial charge in [-0.2, -0.15) is 5.10 Å². The van der Waals surface area contributed by atoms with Gasteiger partial charge in [0.25, 0.3) is 0 Å². The first-order chi connectivity index (χ1) is 5.20. The maximum atomic E-state index is 10.0. The number of rotatable bonds is 0. The molecular weight excluding hydrogens is 184 g/mol. The van der Waals surface area contributed by atoms with E-state index in [0.29, 0.717) is 0 Å². The second-order valence-electron chi connectivity index (χ2n) is 1.73. The molecule has 0 aliphatic rings. The Morgan fingerprint density at radius 1 is 1.67 bits per heavy atom. The predicted octanol–water partition coefficient (Wildman–Crippen LogP) is 0.355. The van der Waals surface area contributed by atoms with Gasteiger partial charge in [-0.15, -0.1) is 12.4 Å². The molecule has 0 saturated carbocycles. The third-order valence-corrected chi connectivity index (χ3v) is 0.959. The number of halogens is 1. The van der Waals surface area contributed by atoms with Gasteiger partial charge in [-0.1, -0.05) is 0 Å². The Morgan fingerprint density at radius 2 is 2.33 bits per heavy atom. The Kier molecular flexibility index (Phi) is 3.78. The normalized spacial score (nSPS) is 8.33. The van der Waals surface area contributed by atoms with Crippen LogP contribution in [0.4, 0.5) is 4.79 Å². The number of nitrogens with zero attached hydrogens (tertiary/aromatic N) is 2. The van der Waals surface area contributed by atoms with E-state index in [1.165, 1.54) is 12.4 Å². The quantitative estimate of drug-likeness (QED) is 0.407. The minimum absolute atomic E-state index is 0. The average molecular weight is 191 g/mol. The summed E-state index contributed by atoms with van der Waals surface area (Å²) in [7, 11) is 0. The first kappa shape index (κ1) is 10.4. The Bertz CT molecular complexity index is 271. The van der Waals surface area contributed by atoms with Crippen LogP contribution in [-0.2, 0) is 0 Å². The molecule has 66 valence electrons. The first-order valence-corrected chi connectivity index (χ1v) is 2.78. The highest BCUT2D eigenvalue weighted by Crippen LogP contribution is 1.81. The first-order valence-electron chi connectivity index (χ1n) is 2.78. The van der Waals surface area contributed by atoms with Gasteiger partial charge >= 0.3 is 6.09 Å². The Labute approximate surface area is 74.1 Å². The minimum Gasteiger partial charge on any atom is -0.465 e. The molecule has 0 radical (unpaired) electrons. The van der Waals surface area contributed by atoms with Gasteiger partial charge in [-0.05, 0) is 6.07 Å². The molecule has 12 heavy (non-hydrogen) atoms. The van der Waals surface area contributed by atoms with E-state index in [1.54, 1.807) is 6.07 Å². The summed E-state index contributed by atoms with van der Waals surface area (Å²) in [6.45, 7) is 0. The lowest BCUT2D eigenvalue weighted by Gasteiger charge is -2.00. The highest BCUT2D eigenvalue weighted by molar-refractivity contribution is 5.91. The molecule has 0 aliphatic heterocycles. The molecule has 7 heteroatoms. The molecule has 0 spiro atoms. The van der Waals surface area contributed by atoms with Crippen molar-refractivity contribution in [3.63, 3.8) is 0 Å². The Hall–Kier alpha value is -1.56. The topological polar surface area (TPSA) is 91.0 Å². The van der Waals surface area contributed by atoms with E-state index >= 15 is 0 Å². The zero-order valence-corrected chi connectivity index (χ0v) is 6.71. The summed E-state index contributed by atoms with van der Waals surface area (Å²) in [5.74, 6) is -0.289. The molecular formula is C5H7ClN4O2. The predicted molar refractivity (Wildman–Crippen MR) is 43.8 cm³/mol. The second kappa shape index (κ2) is 4.35. The maximum Gasteiger partial charge on any atom is 0.411 e. The van der Waals surface area contributed by atoms with Gasteiger partial charge in [0.05, 0.1) is 0 Å². The van der Waals surface area contributed by atoms with Crippen LogP contribution in [-0.4, -0.2) is 26.9 Å². The lowest BCUT2D eigenvalue weighted by molar-refractivity contribution is 0.199. The monoisotopic (exact) mass is 190 g/mol. The number of nitrogens with one attached hydrogen (secondary N) is 2. The van der Waals surface area contributed by atoms with E-state index in [0.717, 1.165) is 4.68 Å². The van der Waals surface area contributed by atoms with Crippen LogP contribution in [0.2, 0.25) is 0 Å². The molecule has 6 nitrogen and oxygen atoms in total. The zero-order valence-electron chi connectivity index (χ0n) is 5.89. The molecule has 1 aromatic rings. The molecule has 0 aromatic carbocycles. The molecule has 1 heterocycles. The Morgan fingerprint density at radius 3 is 2.75 bits per heavy atom. The van der Waals surface area contributed by atoms with Gasteiger partial charge < -0.3 is 5.11 Å². The molecule has 3 N–H and O–H groups in total. The molecule has 0 fully saturated rings. The number of hydrogen-bond donors (Lipinski definition) is 3. The number of amides is 1. The Balaban J connectivity index is 0.00000121. The van der Waals surface area contributed by atoms with E-state index < -0.39 is 6.09 Å². The number of carboxylic acid groups (broad SMARTS) is 1. The van der Waals surface area contributed by atoms with Crippen LogP contribution < -0.4 is 5.32 Å². The summed E-state index contributed by atoms with van der Waals surface area (Å²) in [5, 5.41) is 20.8. The van der Waals surface area contributed by atoms with Crippen LogP contribution in [0.25, 0.3) is 0 Å². The highest BCUT2D eigenvalue weighted by atomic mass is 35.5. The fourth-order valence-electron chi connectivity index (χ4n) is 0.560. The van der Waals surface area contributed by atoms with E-state index in [1.807, 2.05) is 5.32 Å². The standard InChI is InChI=1S/C5H6N4O2.ClH/c6-4(8-5(10)11)9-3-1-2-7-9;/h1-3H,(H2,6,8)(H,10,11);1H. The molecule has 1 rings (SSSR count). The van der Waals surface area contributed by atoms with Gasteiger partial charge in [0.15, 0.2) is 0 Å². The van der Waals surface area contributed by atoms with E-state index in [4.69, 9.17) is 10.5 Å². The molecule has 0 bridgehead atoms. The van der Waals surface area contributed by atoms with Crippen LogP contribution in [0.3, 0.4) is 0 Å². The zero-order chi connectivity index (χ0) is 8.27. The largest absolute Gasteiger partial charge is 0.465 e. The lowest BCUT2D eigenvalue weighted by Crippen LogP contribution is -2.33. The summed E-state index contributed by atoms with van der Waals surface area (Å²) in [4.78, 5) is 10.0. The van der Waals surface area contributed by atoms with Crippen LogP contribution in [0, 0.1) is 5.41 Å². The van der Waals surface area contributed by atoms with E-state index in [-0.39, 0.29) is 18.4 Å². The summed E-state index contributed by atoms with van der Waals surface area (Å²) < 4.78 is 1.11. The summed E-state index contributed by atoms with van der Waals surface area (Å²) >= 11 is 0. The van der Waals surface area contributed by atoms with Crippen molar-refractivity contribution >= 4 is 24.5 Å². The van der Waals surface area contributed by atoms with Crippen molar-refractivity contribution in [1.82, 2.24) is 15.1 Å². The van der Waals surface area contributed by atoms with Gasteiger partial charge in [0, 0.05) is 12.4 Å². The summed E-state index contributed by atoms with van der Waals surface area (Å²) in [5.41, 5.74) is 0. The van der Waals surface area contributed by atoms with E-state index in [9.17, 15) is 4.79 Å². The van der Waals surface area contributed by atoms with Crippen molar-refractivity contribution in [3.05, 3.63) is 18.5 Å². The van der Waals surface area contributed by atoms with Gasteiger partial charge in [-0.25, -0.2) is 9.48 Å². The average Bonchev–Trinajstić information content (AvgIpc) is 2.35. The summed E-state index contributed by atoms with van der Waals surface area (Å²) in [6.07, 6.45) is 1.65. The maximum absolute atomic E-state index is 10.0. The van der Waals surface area contributed by atoms with Gasteiger partial charge in [0.2, 0.25) is 5.96 Å². The number of carbonyl (C=O) groups is 1. The molecule has 0 aliphatic carbocycles. The lowest BCUT2D eigenvalue weighted by atomic mass is 10.7. The summed E-state index contributed by atoms with van der Waals surface area (Å²) in [6, 6.07) is 1.60. The van der Waals surface area contributed by atoms with Crippen LogP contribution in [0.5, 0.6) is 0 Å². The second-order valence-corrected chi connectivity index (χ2v) is 1.73. The molecule has 1 aromatic heterocycles. The van der Waals surface area contributed by atoms with Crippen molar-refractivity contribution in [2.75, 3.05) is 0 Å². The minimum atomic E-state index is -1.27. The molecule has 0 atom stereocenters. The molecule has 1 amide bonds. The molecule has 0 unspecified atom stereocenters. The van der Waals surface area contributed by atoms with Crippen LogP contribution >= 0.6 is 12.4 Å².